The molecule has 6 aromatic heterocycles. The summed E-state index contributed by atoms with van der Waals surface area (Å²) in [5.74, 6) is 5.88. The molecule has 6 radical (unpaired) electrons. The molecule has 126 heavy (non-hydrogen) atoms. The fourth-order valence-electron chi connectivity index (χ4n) is 16.0. The van der Waals surface area contributed by atoms with E-state index >= 15 is 0 Å². The molecule has 6 fully saturated rings. The Hall–Kier alpha value is -4.59. The molecule has 0 aliphatic carbocycles. The van der Waals surface area contributed by atoms with Gasteiger partial charge in [0.1, 0.15) is 29.5 Å². The van der Waals surface area contributed by atoms with Crippen molar-refractivity contribution in [2.24, 2.45) is 0 Å². The minimum Gasteiger partial charge on any atom is -0.476 e. The Bertz CT molecular complexity index is 4840. The number of nitrogens with zero attached hydrogens (tertiary/aromatic N) is 30. The molecule has 6 saturated heterocycles. The maximum absolute atomic E-state index is 4.42. The van der Waals surface area contributed by atoms with Crippen molar-refractivity contribution >= 4 is 206 Å². The van der Waals surface area contributed by atoms with Gasteiger partial charge in [0.2, 0.25) is 41.9 Å². The van der Waals surface area contributed by atoms with Crippen LogP contribution in [0.25, 0.3) is 0 Å². The number of para-hydroxylation sites is 3. The number of anilines is 9. The van der Waals surface area contributed by atoms with Gasteiger partial charge in [-0.3, -0.25) is 30.6 Å². The maximum Gasteiger partial charge on any atom is 0.358 e. The quantitative estimate of drug-likeness (QED) is 0.170. The zero-order valence-electron chi connectivity index (χ0n) is 75.9. The van der Waals surface area contributed by atoms with Gasteiger partial charge in [-0.05, 0) is 209 Å². The summed E-state index contributed by atoms with van der Waals surface area (Å²) in [5, 5.41) is 49.6. The normalized spacial score (nSPS) is 16.8. The van der Waals surface area contributed by atoms with Crippen molar-refractivity contribution in [1.29, 1.82) is 0 Å². The molecule has 0 unspecified atom stereocenters. The van der Waals surface area contributed by atoms with E-state index < -0.39 is 0 Å². The first-order valence-corrected chi connectivity index (χ1v) is 47.4. The molecule has 12 heterocycles. The summed E-state index contributed by atoms with van der Waals surface area (Å²) in [6, 6.07) is 63.3. The smallest absolute Gasteiger partial charge is 0.358 e. The molecular formula is C72H110B12N30Pt6Si6-6. The average Bonchev–Trinajstić information content (AvgIpc) is 1.35. The van der Waals surface area contributed by atoms with Gasteiger partial charge in [0.15, 0.2) is 0 Å². The third-order valence-electron chi connectivity index (χ3n) is 24.0. The fraction of sp³-hybridized carbons (Fsp3) is 0.333. The molecule has 17 rings (SSSR count). The minimum atomic E-state index is -0.273. The first-order chi connectivity index (χ1) is 57.5. The molecule has 0 atom stereocenters. The van der Waals surface area contributed by atoms with Crippen molar-refractivity contribution in [1.82, 2.24) is 103 Å². The van der Waals surface area contributed by atoms with Crippen molar-refractivity contribution in [3.8, 4) is 0 Å². The van der Waals surface area contributed by atoms with Crippen LogP contribution in [0.15, 0.2) is 213 Å². The van der Waals surface area contributed by atoms with E-state index in [0.717, 1.165) is 46.2 Å². The zero-order valence-corrected chi connectivity index (χ0v) is 96.5. The SMILES string of the molecule is CB1N(C)B(C)N(c2ccn[n-]2)[SiH]N1c1ccccc1.CB1N(C)[SiH]N(c2[n-]ncc2C)B(C)N1C.CB1N(C)[SiH]N(c2cc(C)n[n-]2)B(C)N1C.CB1N(C)[SiH]N(c2ccn[n-]2)B(C)N1C.CB1N(c2ccccc2)[SiH]N(c2ccn[n-]2)B(C)N1C(C)(C)C.CN1B(c2ccccc2)N(c2ccccc2)[SiH]N(c2ccn[n-]2)B1c1ccccc1.[Pt].[Pt].[Pt].[Pt].[Pt].[Pt]. The zero-order chi connectivity index (χ0) is 85.8. The van der Waals surface area contributed by atoms with E-state index in [0.29, 0.717) is 62.8 Å². The Kier molecular flexibility index (Phi) is 44.6. The Morgan fingerprint density at radius 3 is 0.929 bits per heavy atom. The van der Waals surface area contributed by atoms with Crippen LogP contribution in [0.5, 0.6) is 0 Å². The second kappa shape index (κ2) is 51.0. The van der Waals surface area contributed by atoms with E-state index in [-0.39, 0.29) is 212 Å². The van der Waals surface area contributed by atoms with Gasteiger partial charge in [-0.15, -0.1) is 0 Å². The Labute approximate surface area is 855 Å². The topological polar surface area (TPSA) is 220 Å². The van der Waals surface area contributed by atoms with Crippen molar-refractivity contribution in [2.45, 2.75) is 108 Å². The third-order valence-corrected chi connectivity index (χ3v) is 34.7. The number of rotatable bonds is 11. The number of aromatic nitrogens is 12. The van der Waals surface area contributed by atoms with Crippen molar-refractivity contribution in [3.63, 3.8) is 0 Å². The van der Waals surface area contributed by atoms with E-state index in [2.05, 4.69) is 453 Å². The summed E-state index contributed by atoms with van der Waals surface area (Å²) in [4.78, 5) is 0. The Morgan fingerprint density at radius 2 is 0.579 bits per heavy atom. The van der Waals surface area contributed by atoms with Crippen molar-refractivity contribution < 1.29 is 126 Å². The molecular weight excluding hydrogens is 2750 g/mol. The van der Waals surface area contributed by atoms with Gasteiger partial charge in [0.25, 0.3) is 20.9 Å². The van der Waals surface area contributed by atoms with Crippen LogP contribution >= 0.6 is 0 Å². The van der Waals surface area contributed by atoms with Crippen LogP contribution in [0.4, 0.5) is 52.0 Å². The second-order valence-corrected chi connectivity index (χ2v) is 41.2. The van der Waals surface area contributed by atoms with Gasteiger partial charge in [0, 0.05) is 180 Å². The van der Waals surface area contributed by atoms with Crippen LogP contribution in [0, 0.1) is 13.8 Å². The largest absolute Gasteiger partial charge is 0.476 e. The van der Waals surface area contributed by atoms with Gasteiger partial charge in [-0.2, -0.15) is 0 Å². The summed E-state index contributed by atoms with van der Waals surface area (Å²) in [7, 11) is 17.2. The summed E-state index contributed by atoms with van der Waals surface area (Å²) < 4.78 is 43.1. The van der Waals surface area contributed by atoms with Gasteiger partial charge in [-0.1, -0.05) is 189 Å². The van der Waals surface area contributed by atoms with E-state index in [9.17, 15) is 0 Å². The monoisotopic (exact) mass is 2860 g/mol. The average molecular weight is 2860 g/mol. The predicted molar refractivity (Wildman–Crippen MR) is 523 cm³/mol. The van der Waals surface area contributed by atoms with Crippen LogP contribution in [0.1, 0.15) is 32.0 Å². The van der Waals surface area contributed by atoms with E-state index in [1.54, 1.807) is 24.8 Å². The molecule has 0 N–H and O–H groups in total. The van der Waals surface area contributed by atoms with E-state index in [1.165, 1.54) is 28.0 Å². The molecule has 6 aliphatic rings. The predicted octanol–water partition coefficient (Wildman–Crippen LogP) is 2.40. The maximum atomic E-state index is 4.42. The van der Waals surface area contributed by atoms with Crippen LogP contribution < -0.4 is 81.8 Å². The van der Waals surface area contributed by atoms with Gasteiger partial charge >= 0.3 is 20.9 Å². The second-order valence-electron chi connectivity index (χ2n) is 32.4. The summed E-state index contributed by atoms with van der Waals surface area (Å²) in [6.45, 7) is 37.5. The number of hydrogen-bond acceptors (Lipinski definition) is 24. The molecule has 0 spiro atoms. The van der Waals surface area contributed by atoms with E-state index in [1.807, 2.05) is 37.4 Å². The number of benzene rings is 5. The molecule has 0 bridgehead atoms. The van der Waals surface area contributed by atoms with Gasteiger partial charge in [-0.25, -0.2) is 0 Å². The van der Waals surface area contributed by atoms with Gasteiger partial charge in [0.05, 0.1) is 29.5 Å². The molecule has 30 nitrogen and oxygen atoms in total. The van der Waals surface area contributed by atoms with Crippen LogP contribution in [0.2, 0.25) is 68.2 Å². The van der Waals surface area contributed by atoms with Gasteiger partial charge < -0.3 is 113 Å². The summed E-state index contributed by atoms with van der Waals surface area (Å²) in [5.41, 5.74) is 8.49. The molecule has 5 aromatic carbocycles. The van der Waals surface area contributed by atoms with Crippen LogP contribution in [-0.4, -0.2) is 277 Å². The summed E-state index contributed by atoms with van der Waals surface area (Å²) >= 11 is 0. The van der Waals surface area contributed by atoms with Crippen LogP contribution in [0.3, 0.4) is 0 Å². The van der Waals surface area contributed by atoms with Crippen molar-refractivity contribution in [2.75, 3.05) is 96.7 Å². The first-order valence-electron chi connectivity index (χ1n) is 41.2. The molecule has 674 valence electrons. The molecule has 11 aromatic rings. The summed E-state index contributed by atoms with van der Waals surface area (Å²) in [6.07, 6.45) is 8.88. The van der Waals surface area contributed by atoms with Crippen molar-refractivity contribution in [3.05, 3.63) is 224 Å². The molecule has 0 saturated carbocycles. The Balaban J connectivity index is 0.000000235. The standard InChI is InChI=1S/C22H21B2N5Si.C15H23B2N5Si.C12H17B2N5Si.2C8H17B2N5Si.C7H15B2N5Si.6Pt/c1-27-23(19-11-5-2-6-12-19)28(21-15-9-4-10-16-21)30-29(22-17-18-25-26-22)24(27)20-13-7-3-8-14-20;1-15(2,3)22-16(4)20(13-9-7-6-8-10-13)23-21(17(22)5)14-11-12-18-19-14;1-13-17(3)14(2)19(12-9-10-15-16-12)20-18(13)11-7-5-4-6-8-11;1-7-6-11-12-8(7)15-10(3)13(4)9(2)14(5)16-15;1-7-6-8(12-11-7)15-10(3)13(4)9(2)14(5)16-15;1-8-12(3)9(2)14(15-13(8)4)7-5-6-10-11-7;;;;;;/h2-18,30H,1H3;6-12,23H,1-5H3;4-10,20H,1-3H3;2*6,16H,1-5H3;5-6,15H,1-4H3;;;;;;/q6*-1;;;;;;. The Morgan fingerprint density at radius 1 is 0.286 bits per heavy atom. The minimum absolute atomic E-state index is 0. The molecule has 54 heteroatoms. The molecule has 6 aliphatic heterocycles. The van der Waals surface area contributed by atoms with E-state index in [4.69, 9.17) is 0 Å². The molecule has 0 amide bonds. The number of hydrogen-bond donors (Lipinski definition) is 0. The third kappa shape index (κ3) is 26.3. The number of aryl methyl sites for hydroxylation is 2. The first kappa shape index (κ1) is 110. The van der Waals surface area contributed by atoms with Crippen LogP contribution in [-0.2, 0) is 126 Å². The fourth-order valence-corrected chi connectivity index (χ4v) is 25.4.